The third-order valence-corrected chi connectivity index (χ3v) is 5.01. The van der Waals surface area contributed by atoms with Gasteiger partial charge in [0.05, 0.1) is 12.0 Å². The Labute approximate surface area is 183 Å². The molecule has 0 saturated heterocycles. The molecule has 0 spiro atoms. The lowest BCUT2D eigenvalue weighted by Gasteiger charge is -2.09. The molecule has 0 aliphatic heterocycles. The fraction of sp³-hybridized carbons (Fsp3) is 0.0870. The fourth-order valence-electron chi connectivity index (χ4n) is 3.10. The van der Waals surface area contributed by atoms with Crippen LogP contribution in [0.1, 0.15) is 26.4 Å². The lowest BCUT2D eigenvalue weighted by atomic mass is 10.1. The zero-order valence-corrected chi connectivity index (χ0v) is 17.6. The van der Waals surface area contributed by atoms with Crippen LogP contribution in [0.2, 0.25) is 5.02 Å². The summed E-state index contributed by atoms with van der Waals surface area (Å²) < 4.78 is 7.15. The first-order valence-corrected chi connectivity index (χ1v) is 9.88. The number of aryl methyl sites for hydroxylation is 1. The van der Waals surface area contributed by atoms with Gasteiger partial charge in [0.2, 0.25) is 0 Å². The molecular weight excluding hydrogens is 416 g/mol. The molecule has 4 rings (SSSR count). The van der Waals surface area contributed by atoms with E-state index in [9.17, 15) is 9.59 Å². The highest BCUT2D eigenvalue weighted by molar-refractivity contribution is 6.30. The zero-order valence-electron chi connectivity index (χ0n) is 16.8. The summed E-state index contributed by atoms with van der Waals surface area (Å²) in [5.74, 6) is -0.0698. The number of amides is 2. The average Bonchev–Trinajstić information content (AvgIpc) is 3.45. The second-order valence-corrected chi connectivity index (χ2v) is 7.28. The Morgan fingerprint density at radius 3 is 2.48 bits per heavy atom. The van der Waals surface area contributed by atoms with E-state index in [0.717, 1.165) is 11.3 Å². The van der Waals surface area contributed by atoms with Gasteiger partial charge in [-0.15, -0.1) is 0 Å². The first-order valence-electron chi connectivity index (χ1n) is 9.50. The van der Waals surface area contributed by atoms with Gasteiger partial charge in [0, 0.05) is 29.4 Å². The molecule has 4 aromatic rings. The van der Waals surface area contributed by atoms with E-state index in [1.807, 2.05) is 6.92 Å². The molecule has 8 heteroatoms. The van der Waals surface area contributed by atoms with E-state index < -0.39 is 5.91 Å². The van der Waals surface area contributed by atoms with Crippen LogP contribution in [-0.4, -0.2) is 28.6 Å². The van der Waals surface area contributed by atoms with E-state index >= 15 is 0 Å². The van der Waals surface area contributed by atoms with Crippen LogP contribution in [0.3, 0.4) is 0 Å². The number of furan rings is 1. The number of nitrogens with one attached hydrogen (secondary N) is 2. The minimum Gasteiger partial charge on any atom is -0.463 e. The number of benzene rings is 2. The second kappa shape index (κ2) is 8.49. The van der Waals surface area contributed by atoms with E-state index in [-0.39, 0.29) is 11.6 Å². The SMILES string of the molecule is CNC(=O)c1ccc(C)c(NC(=O)c2cc(-c3ccco3)n(-c3ccc(Cl)cc3)n2)c1. The molecule has 0 radical (unpaired) electrons. The maximum atomic E-state index is 13.0. The summed E-state index contributed by atoms with van der Waals surface area (Å²) in [6, 6.07) is 17.4. The molecule has 0 unspecified atom stereocenters. The van der Waals surface area contributed by atoms with Crippen molar-refractivity contribution >= 4 is 29.1 Å². The number of rotatable bonds is 5. The van der Waals surface area contributed by atoms with Crippen LogP contribution >= 0.6 is 11.6 Å². The topological polar surface area (TPSA) is 89.2 Å². The molecular formula is C23H19ClN4O3. The summed E-state index contributed by atoms with van der Waals surface area (Å²) >= 11 is 6.00. The molecule has 2 aromatic carbocycles. The van der Waals surface area contributed by atoms with Crippen LogP contribution in [0, 0.1) is 6.92 Å². The molecule has 0 bridgehead atoms. The van der Waals surface area contributed by atoms with Gasteiger partial charge < -0.3 is 15.1 Å². The number of hydrogen-bond acceptors (Lipinski definition) is 4. The van der Waals surface area contributed by atoms with Crippen LogP contribution in [0.5, 0.6) is 0 Å². The zero-order chi connectivity index (χ0) is 22.0. The normalized spacial score (nSPS) is 10.7. The quantitative estimate of drug-likeness (QED) is 0.476. The Bertz CT molecular complexity index is 1240. The second-order valence-electron chi connectivity index (χ2n) is 6.84. The molecule has 7 nitrogen and oxygen atoms in total. The standard InChI is InChI=1S/C23H19ClN4O3/c1-14-5-6-15(22(29)25-2)12-18(14)26-23(30)19-13-20(21-4-3-11-31-21)28(27-19)17-9-7-16(24)8-10-17/h3-13H,1-2H3,(H,25,29)(H,26,30). The molecule has 0 fully saturated rings. The lowest BCUT2D eigenvalue weighted by molar-refractivity contribution is 0.0961. The number of hydrogen-bond donors (Lipinski definition) is 2. The van der Waals surface area contributed by atoms with Gasteiger partial charge in [-0.1, -0.05) is 17.7 Å². The molecule has 0 aliphatic carbocycles. The summed E-state index contributed by atoms with van der Waals surface area (Å²) in [4.78, 5) is 24.9. The number of nitrogens with zero attached hydrogens (tertiary/aromatic N) is 2. The molecule has 2 amide bonds. The van der Waals surface area contributed by atoms with E-state index in [1.54, 1.807) is 78.7 Å². The number of carbonyl (C=O) groups excluding carboxylic acids is 2. The van der Waals surface area contributed by atoms with Crippen molar-refractivity contribution in [3.8, 4) is 17.1 Å². The minimum absolute atomic E-state index is 0.200. The number of carbonyl (C=O) groups is 2. The van der Waals surface area contributed by atoms with Crippen molar-refractivity contribution < 1.29 is 14.0 Å². The van der Waals surface area contributed by atoms with E-state index in [2.05, 4.69) is 15.7 Å². The summed E-state index contributed by atoms with van der Waals surface area (Å²) in [5, 5.41) is 10.5. The Hall–Kier alpha value is -3.84. The summed E-state index contributed by atoms with van der Waals surface area (Å²) in [6.07, 6.45) is 1.56. The molecule has 2 aromatic heterocycles. The van der Waals surface area contributed by atoms with Crippen LogP contribution in [-0.2, 0) is 0 Å². The molecule has 0 saturated carbocycles. The van der Waals surface area contributed by atoms with Crippen molar-refractivity contribution in [1.82, 2.24) is 15.1 Å². The van der Waals surface area contributed by atoms with Gasteiger partial charge in [0.15, 0.2) is 11.5 Å². The third-order valence-electron chi connectivity index (χ3n) is 4.76. The molecule has 0 atom stereocenters. The highest BCUT2D eigenvalue weighted by atomic mass is 35.5. The Kier molecular flexibility index (Phi) is 5.60. The van der Waals surface area contributed by atoms with E-state index in [0.29, 0.717) is 27.7 Å². The van der Waals surface area contributed by atoms with Crippen molar-refractivity contribution in [3.63, 3.8) is 0 Å². The molecule has 2 N–H and O–H groups in total. The first-order chi connectivity index (χ1) is 15.0. The van der Waals surface area contributed by atoms with Gasteiger partial charge >= 0.3 is 0 Å². The van der Waals surface area contributed by atoms with Crippen molar-refractivity contribution in [1.29, 1.82) is 0 Å². The predicted octanol–water partition coefficient (Wildman–Crippen LogP) is 4.71. The van der Waals surface area contributed by atoms with Gasteiger partial charge in [0.1, 0.15) is 5.69 Å². The van der Waals surface area contributed by atoms with Gasteiger partial charge in [-0.2, -0.15) is 5.10 Å². The van der Waals surface area contributed by atoms with Gasteiger partial charge in [-0.25, -0.2) is 4.68 Å². The van der Waals surface area contributed by atoms with Gasteiger partial charge in [0.25, 0.3) is 11.8 Å². The Morgan fingerprint density at radius 2 is 1.81 bits per heavy atom. The molecule has 156 valence electrons. The maximum absolute atomic E-state index is 13.0. The number of halogens is 1. The largest absolute Gasteiger partial charge is 0.463 e. The van der Waals surface area contributed by atoms with Crippen LogP contribution in [0.15, 0.2) is 71.3 Å². The summed E-state index contributed by atoms with van der Waals surface area (Å²) in [5.41, 5.74) is 3.36. The highest BCUT2D eigenvalue weighted by Gasteiger charge is 2.19. The third kappa shape index (κ3) is 4.22. The van der Waals surface area contributed by atoms with Gasteiger partial charge in [-0.3, -0.25) is 9.59 Å². The molecule has 0 aliphatic rings. The van der Waals surface area contributed by atoms with Crippen molar-refractivity contribution in [2.24, 2.45) is 0 Å². The van der Waals surface area contributed by atoms with Crippen LogP contribution in [0.4, 0.5) is 5.69 Å². The fourth-order valence-corrected chi connectivity index (χ4v) is 3.23. The smallest absolute Gasteiger partial charge is 0.276 e. The van der Waals surface area contributed by atoms with Gasteiger partial charge in [-0.05, 0) is 61.0 Å². The van der Waals surface area contributed by atoms with Crippen LogP contribution in [0.25, 0.3) is 17.1 Å². The highest BCUT2D eigenvalue weighted by Crippen LogP contribution is 2.26. The van der Waals surface area contributed by atoms with Crippen molar-refractivity contribution in [3.05, 3.63) is 88.8 Å². The monoisotopic (exact) mass is 434 g/mol. The van der Waals surface area contributed by atoms with E-state index in [4.69, 9.17) is 16.0 Å². The van der Waals surface area contributed by atoms with E-state index in [1.165, 1.54) is 0 Å². The van der Waals surface area contributed by atoms with Crippen molar-refractivity contribution in [2.45, 2.75) is 6.92 Å². The Balaban J connectivity index is 1.70. The Morgan fingerprint density at radius 1 is 1.03 bits per heavy atom. The van der Waals surface area contributed by atoms with Crippen LogP contribution < -0.4 is 10.6 Å². The molecule has 31 heavy (non-hydrogen) atoms. The maximum Gasteiger partial charge on any atom is 0.276 e. The minimum atomic E-state index is -0.405. The molecule has 2 heterocycles. The first kappa shape index (κ1) is 20.4. The average molecular weight is 435 g/mol. The lowest BCUT2D eigenvalue weighted by Crippen LogP contribution is -2.19. The number of aromatic nitrogens is 2. The number of anilines is 1. The predicted molar refractivity (Wildman–Crippen MR) is 119 cm³/mol. The summed E-state index contributed by atoms with van der Waals surface area (Å²) in [6.45, 7) is 1.85. The van der Waals surface area contributed by atoms with Crippen molar-refractivity contribution in [2.75, 3.05) is 12.4 Å². The summed E-state index contributed by atoms with van der Waals surface area (Å²) in [7, 11) is 1.56.